The molecule has 5 nitrogen and oxygen atoms in total. The van der Waals surface area contributed by atoms with Gasteiger partial charge in [0, 0.05) is 42.4 Å². The number of likely N-dealkylation sites (N-methyl/N-ethyl adjacent to an activating group) is 1. The summed E-state index contributed by atoms with van der Waals surface area (Å²) in [5.41, 5.74) is 5.78. The van der Waals surface area contributed by atoms with Gasteiger partial charge in [-0.05, 0) is 51.8 Å². The van der Waals surface area contributed by atoms with E-state index in [4.69, 9.17) is 14.8 Å². The van der Waals surface area contributed by atoms with Gasteiger partial charge in [-0.2, -0.15) is 0 Å². The molecular formula is C21H24BrN3O2. The van der Waals surface area contributed by atoms with E-state index in [0.717, 1.165) is 47.5 Å². The van der Waals surface area contributed by atoms with E-state index >= 15 is 0 Å². The minimum absolute atomic E-state index is 0.134. The molecule has 1 saturated heterocycles. The highest BCUT2D eigenvalue weighted by atomic mass is 79.9. The summed E-state index contributed by atoms with van der Waals surface area (Å²) in [5, 5.41) is 0. The Morgan fingerprint density at radius 2 is 1.96 bits per heavy atom. The number of aromatic nitrogens is 1. The Balaban J connectivity index is 1.86. The Bertz CT molecular complexity index is 847. The van der Waals surface area contributed by atoms with Crippen LogP contribution in [0.5, 0.6) is 0 Å². The fourth-order valence-electron chi connectivity index (χ4n) is 3.92. The minimum atomic E-state index is 0.134. The van der Waals surface area contributed by atoms with Crippen molar-refractivity contribution in [2.24, 2.45) is 0 Å². The van der Waals surface area contributed by atoms with E-state index in [0.29, 0.717) is 6.61 Å². The Kier molecular flexibility index (Phi) is 5.71. The molecule has 1 atom stereocenters. The van der Waals surface area contributed by atoms with Crippen molar-refractivity contribution in [1.29, 1.82) is 0 Å². The number of halogens is 1. The van der Waals surface area contributed by atoms with E-state index in [1.54, 1.807) is 0 Å². The maximum absolute atomic E-state index is 5.30. The molecule has 1 fully saturated rings. The highest BCUT2D eigenvalue weighted by Gasteiger charge is 2.32. The maximum atomic E-state index is 5.30. The Hall–Kier alpha value is -1.57. The summed E-state index contributed by atoms with van der Waals surface area (Å²) in [7, 11) is 3.72. The van der Waals surface area contributed by atoms with Crippen molar-refractivity contribution in [3.63, 3.8) is 0 Å². The summed E-state index contributed by atoms with van der Waals surface area (Å²) in [5.74, 6) is 0. The third-order valence-corrected chi connectivity index (χ3v) is 5.78. The van der Waals surface area contributed by atoms with Crippen LogP contribution in [0.4, 0.5) is 0 Å². The fraction of sp³-hybridized carbons (Fsp3) is 0.381. The van der Waals surface area contributed by atoms with Crippen LogP contribution in [0.2, 0.25) is 0 Å². The van der Waals surface area contributed by atoms with Crippen molar-refractivity contribution in [3.8, 4) is 0 Å². The summed E-state index contributed by atoms with van der Waals surface area (Å²) in [4.78, 5) is 20.0. The van der Waals surface area contributed by atoms with Gasteiger partial charge in [-0.1, -0.05) is 24.3 Å². The van der Waals surface area contributed by atoms with Gasteiger partial charge in [0.05, 0.1) is 18.8 Å². The van der Waals surface area contributed by atoms with Crippen LogP contribution in [0.15, 0.2) is 41.0 Å². The molecule has 0 saturated carbocycles. The molecule has 0 radical (unpaired) electrons. The highest BCUT2D eigenvalue weighted by molar-refractivity contribution is 9.10. The van der Waals surface area contributed by atoms with Crippen LogP contribution in [-0.4, -0.2) is 61.7 Å². The molecule has 1 aliphatic carbocycles. The number of hydrogen-bond donors (Lipinski definition) is 0. The van der Waals surface area contributed by atoms with E-state index in [-0.39, 0.29) is 6.04 Å². The zero-order valence-electron chi connectivity index (χ0n) is 15.7. The minimum Gasteiger partial charge on any atom is -0.304 e. The number of fused-ring (bicyclic) bond motifs is 2. The van der Waals surface area contributed by atoms with Crippen LogP contribution in [0, 0.1) is 0 Å². The number of hydrogen-bond acceptors (Lipinski definition) is 5. The summed E-state index contributed by atoms with van der Waals surface area (Å²) in [6.07, 6.45) is 4.10. The number of rotatable bonds is 4. The van der Waals surface area contributed by atoms with Gasteiger partial charge in [-0.25, -0.2) is 9.78 Å². The van der Waals surface area contributed by atoms with Gasteiger partial charge < -0.3 is 4.90 Å². The summed E-state index contributed by atoms with van der Waals surface area (Å²) in [6, 6.07) is 10.9. The van der Waals surface area contributed by atoms with Gasteiger partial charge in [-0.3, -0.25) is 9.88 Å². The average Bonchev–Trinajstić information content (AvgIpc) is 2.81. The molecule has 1 aliphatic heterocycles. The molecule has 0 N–H and O–H groups in total. The van der Waals surface area contributed by atoms with Gasteiger partial charge in [0.2, 0.25) is 0 Å². The molecule has 2 aromatic rings. The van der Waals surface area contributed by atoms with Crippen LogP contribution in [0.3, 0.4) is 0 Å². The van der Waals surface area contributed by atoms with Gasteiger partial charge in [-0.15, -0.1) is 0 Å². The van der Waals surface area contributed by atoms with Crippen LogP contribution < -0.4 is 0 Å². The van der Waals surface area contributed by atoms with Crippen LogP contribution in [0.25, 0.3) is 11.6 Å². The maximum Gasteiger partial charge on any atom is 0.108 e. The molecule has 0 bridgehead atoms. The number of piperazine rings is 1. The first-order valence-electron chi connectivity index (χ1n) is 9.21. The third kappa shape index (κ3) is 3.86. The Morgan fingerprint density at radius 1 is 1.19 bits per heavy atom. The first-order valence-corrected chi connectivity index (χ1v) is 10.00. The van der Waals surface area contributed by atoms with Crippen molar-refractivity contribution in [2.75, 3.05) is 46.9 Å². The smallest absolute Gasteiger partial charge is 0.108 e. The van der Waals surface area contributed by atoms with E-state index in [1.165, 1.54) is 18.2 Å². The number of pyridine rings is 1. The first-order chi connectivity index (χ1) is 13.2. The van der Waals surface area contributed by atoms with Gasteiger partial charge in [0.15, 0.2) is 0 Å². The third-order valence-electron chi connectivity index (χ3n) is 5.35. The molecule has 27 heavy (non-hydrogen) atoms. The quantitative estimate of drug-likeness (QED) is 0.548. The van der Waals surface area contributed by atoms with Crippen LogP contribution >= 0.6 is 15.9 Å². The van der Waals surface area contributed by atoms with E-state index in [1.807, 2.05) is 6.20 Å². The summed E-state index contributed by atoms with van der Waals surface area (Å²) < 4.78 is 0.965. The molecule has 1 unspecified atom stereocenters. The lowest BCUT2D eigenvalue weighted by Gasteiger charge is -2.38. The van der Waals surface area contributed by atoms with Crippen molar-refractivity contribution in [1.82, 2.24) is 14.8 Å². The zero-order valence-corrected chi connectivity index (χ0v) is 17.3. The summed E-state index contributed by atoms with van der Waals surface area (Å²) >= 11 is 3.59. The lowest BCUT2D eigenvalue weighted by Crippen LogP contribution is -2.46. The van der Waals surface area contributed by atoms with E-state index in [2.05, 4.69) is 69.2 Å². The average molecular weight is 430 g/mol. The Morgan fingerprint density at radius 3 is 2.74 bits per heavy atom. The topological polar surface area (TPSA) is 37.8 Å². The largest absolute Gasteiger partial charge is 0.304 e. The monoisotopic (exact) mass is 429 g/mol. The van der Waals surface area contributed by atoms with Crippen LogP contribution in [-0.2, 0) is 9.78 Å². The Labute approximate surface area is 168 Å². The molecular weight excluding hydrogens is 406 g/mol. The lowest BCUT2D eigenvalue weighted by atomic mass is 9.95. The molecule has 2 aliphatic rings. The molecule has 0 spiro atoms. The SMILES string of the molecule is COOCC1=Cc2ccccc2C(N2CCN(C)CC2)c2ncc(Br)cc21. The van der Waals surface area contributed by atoms with Crippen molar-refractivity contribution < 1.29 is 9.78 Å². The molecule has 6 heteroatoms. The van der Waals surface area contributed by atoms with Gasteiger partial charge in [0.25, 0.3) is 0 Å². The zero-order chi connectivity index (χ0) is 18.8. The van der Waals surface area contributed by atoms with Crippen molar-refractivity contribution in [3.05, 3.63) is 63.4 Å². The second-order valence-electron chi connectivity index (χ2n) is 7.06. The standard InChI is InChI=1S/C21H24BrN3O2/c1-24-7-9-25(10-8-24)21-18-6-4-3-5-15(18)11-16(14-27-26-2)19-12-17(22)13-23-20(19)21/h3-6,11-13,21H,7-10,14H2,1-2H3. The molecule has 1 aromatic carbocycles. The first kappa shape index (κ1) is 18.8. The summed E-state index contributed by atoms with van der Waals surface area (Å²) in [6.45, 7) is 4.56. The van der Waals surface area contributed by atoms with Gasteiger partial charge >= 0.3 is 0 Å². The predicted octanol–water partition coefficient (Wildman–Crippen LogP) is 3.61. The predicted molar refractivity (Wildman–Crippen MR) is 110 cm³/mol. The molecule has 4 rings (SSSR count). The van der Waals surface area contributed by atoms with Crippen molar-refractivity contribution in [2.45, 2.75) is 6.04 Å². The molecule has 1 aromatic heterocycles. The fourth-order valence-corrected chi connectivity index (χ4v) is 4.25. The lowest BCUT2D eigenvalue weighted by molar-refractivity contribution is -0.261. The molecule has 142 valence electrons. The van der Waals surface area contributed by atoms with Gasteiger partial charge in [0.1, 0.15) is 6.61 Å². The van der Waals surface area contributed by atoms with Crippen LogP contribution in [0.1, 0.15) is 28.4 Å². The second kappa shape index (κ2) is 8.20. The molecule has 0 amide bonds. The number of benzene rings is 1. The van der Waals surface area contributed by atoms with E-state index < -0.39 is 0 Å². The highest BCUT2D eigenvalue weighted by Crippen LogP contribution is 2.40. The van der Waals surface area contributed by atoms with Crippen molar-refractivity contribution >= 4 is 27.6 Å². The number of nitrogens with zero attached hydrogens (tertiary/aromatic N) is 3. The molecule has 2 heterocycles. The van der Waals surface area contributed by atoms with E-state index in [9.17, 15) is 0 Å². The normalized spacial score (nSPS) is 20.6. The second-order valence-corrected chi connectivity index (χ2v) is 7.97.